The van der Waals surface area contributed by atoms with Gasteiger partial charge < -0.3 is 4.74 Å². The zero-order valence-electron chi connectivity index (χ0n) is 11.2. The molecule has 0 aliphatic heterocycles. The molecule has 1 heterocycles. The average molecular weight is 236 g/mol. The first-order chi connectivity index (χ1) is 7.78. The van der Waals surface area contributed by atoms with Gasteiger partial charge in [-0.25, -0.2) is 0 Å². The molecule has 0 spiro atoms. The second-order valence-electron chi connectivity index (χ2n) is 5.83. The number of carbonyl (C=O) groups excluding carboxylic acids is 1. The first-order valence-electron chi connectivity index (χ1n) is 6.01. The minimum Gasteiger partial charge on any atom is -0.460 e. The molecule has 17 heavy (non-hydrogen) atoms. The van der Waals surface area contributed by atoms with Crippen LogP contribution >= 0.6 is 0 Å². The van der Waals surface area contributed by atoms with Crippen molar-refractivity contribution in [3.63, 3.8) is 0 Å². The third-order valence-electron chi connectivity index (χ3n) is 2.95. The summed E-state index contributed by atoms with van der Waals surface area (Å²) in [6, 6.07) is 0. The van der Waals surface area contributed by atoms with E-state index in [2.05, 4.69) is 5.10 Å². The Morgan fingerprint density at radius 2 is 2.18 bits per heavy atom. The summed E-state index contributed by atoms with van der Waals surface area (Å²) < 4.78 is 7.19. The summed E-state index contributed by atoms with van der Waals surface area (Å²) >= 11 is 0. The lowest BCUT2D eigenvalue weighted by Crippen LogP contribution is -2.25. The van der Waals surface area contributed by atoms with Gasteiger partial charge in [-0.1, -0.05) is 0 Å². The number of nitrogens with zero attached hydrogens (tertiary/aromatic N) is 2. The molecular weight excluding hydrogens is 216 g/mol. The van der Waals surface area contributed by atoms with E-state index < -0.39 is 5.60 Å². The summed E-state index contributed by atoms with van der Waals surface area (Å²) in [7, 11) is 1.90. The highest BCUT2D eigenvalue weighted by Gasteiger charge is 2.47. The molecule has 2 rings (SSSR count). The molecule has 0 N–H and O–H groups in total. The molecule has 1 saturated carbocycles. The molecule has 2 atom stereocenters. The lowest BCUT2D eigenvalue weighted by molar-refractivity contribution is -0.156. The van der Waals surface area contributed by atoms with Gasteiger partial charge in [-0.2, -0.15) is 5.10 Å². The Morgan fingerprint density at radius 3 is 2.65 bits per heavy atom. The summed E-state index contributed by atoms with van der Waals surface area (Å²) in [5, 5.41) is 4.31. The van der Waals surface area contributed by atoms with Crippen LogP contribution < -0.4 is 0 Å². The highest BCUT2D eigenvalue weighted by atomic mass is 16.6. The van der Waals surface area contributed by atoms with E-state index in [0.717, 1.165) is 12.1 Å². The monoisotopic (exact) mass is 236 g/mol. The van der Waals surface area contributed by atoms with Gasteiger partial charge in [0, 0.05) is 19.2 Å². The Labute approximate surface area is 102 Å². The Bertz CT molecular complexity index is 443. The molecule has 0 saturated heterocycles. The summed E-state index contributed by atoms with van der Waals surface area (Å²) in [5.74, 6) is 0.251. The van der Waals surface area contributed by atoms with E-state index in [-0.39, 0.29) is 11.9 Å². The SMILES string of the molecule is Cc1nn(C)cc1C1CC1C(=O)OC(C)(C)C. The topological polar surface area (TPSA) is 44.1 Å². The molecule has 1 fully saturated rings. The maximum absolute atomic E-state index is 11.9. The minimum absolute atomic E-state index is 0.0251. The lowest BCUT2D eigenvalue weighted by Gasteiger charge is -2.19. The summed E-state index contributed by atoms with van der Waals surface area (Å²) in [6.07, 6.45) is 2.89. The third kappa shape index (κ3) is 2.68. The van der Waals surface area contributed by atoms with E-state index in [1.54, 1.807) is 4.68 Å². The molecule has 0 aromatic carbocycles. The number of aryl methyl sites for hydroxylation is 2. The fourth-order valence-corrected chi connectivity index (χ4v) is 2.16. The first kappa shape index (κ1) is 12.1. The van der Waals surface area contributed by atoms with Crippen molar-refractivity contribution in [1.82, 2.24) is 9.78 Å². The van der Waals surface area contributed by atoms with Gasteiger partial charge in [-0.15, -0.1) is 0 Å². The summed E-state index contributed by atoms with van der Waals surface area (Å²) in [6.45, 7) is 7.69. The van der Waals surface area contributed by atoms with Crippen LogP contribution in [0.5, 0.6) is 0 Å². The third-order valence-corrected chi connectivity index (χ3v) is 2.95. The number of carbonyl (C=O) groups is 1. The smallest absolute Gasteiger partial charge is 0.310 e. The zero-order chi connectivity index (χ0) is 12.8. The van der Waals surface area contributed by atoms with Gasteiger partial charge in [0.25, 0.3) is 0 Å². The standard InChI is InChI=1S/C13H20N2O2/c1-8-11(7-15(5)14-8)9-6-10(9)12(16)17-13(2,3)4/h7,9-10H,6H2,1-5H3. The normalized spacial score (nSPS) is 23.6. The largest absolute Gasteiger partial charge is 0.460 e. The quantitative estimate of drug-likeness (QED) is 0.739. The van der Waals surface area contributed by atoms with Crippen LogP contribution in [0.3, 0.4) is 0 Å². The molecule has 1 aromatic heterocycles. The summed E-state index contributed by atoms with van der Waals surface area (Å²) in [4.78, 5) is 11.9. The van der Waals surface area contributed by atoms with Crippen molar-refractivity contribution in [2.45, 2.75) is 45.6 Å². The van der Waals surface area contributed by atoms with Gasteiger partial charge in [0.2, 0.25) is 0 Å². The van der Waals surface area contributed by atoms with Crippen LogP contribution in [0.1, 0.15) is 44.4 Å². The molecule has 1 aromatic rings. The molecule has 1 aliphatic rings. The van der Waals surface area contributed by atoms with Crippen LogP contribution in [-0.4, -0.2) is 21.4 Å². The van der Waals surface area contributed by atoms with Crippen LogP contribution in [0.2, 0.25) is 0 Å². The molecule has 4 heteroatoms. The van der Waals surface area contributed by atoms with Crippen molar-refractivity contribution in [2.24, 2.45) is 13.0 Å². The number of esters is 1. The van der Waals surface area contributed by atoms with Crippen molar-refractivity contribution in [1.29, 1.82) is 0 Å². The van der Waals surface area contributed by atoms with Crippen LogP contribution in [0, 0.1) is 12.8 Å². The number of ether oxygens (including phenoxy) is 1. The van der Waals surface area contributed by atoms with Crippen LogP contribution in [0.15, 0.2) is 6.20 Å². The Morgan fingerprint density at radius 1 is 1.53 bits per heavy atom. The Kier molecular flexibility index (Phi) is 2.76. The molecule has 0 radical (unpaired) electrons. The fourth-order valence-electron chi connectivity index (χ4n) is 2.16. The molecule has 0 bridgehead atoms. The molecule has 4 nitrogen and oxygen atoms in total. The second-order valence-corrected chi connectivity index (χ2v) is 5.83. The zero-order valence-corrected chi connectivity index (χ0v) is 11.2. The molecule has 1 aliphatic carbocycles. The van der Waals surface area contributed by atoms with Crippen molar-refractivity contribution in [3.8, 4) is 0 Å². The van der Waals surface area contributed by atoms with Crippen LogP contribution in [0.25, 0.3) is 0 Å². The predicted octanol–water partition coefficient (Wildman–Crippen LogP) is 2.17. The van der Waals surface area contributed by atoms with E-state index in [4.69, 9.17) is 4.74 Å². The van der Waals surface area contributed by atoms with Crippen LogP contribution in [0.4, 0.5) is 0 Å². The molecule has 0 amide bonds. The van der Waals surface area contributed by atoms with Gasteiger partial charge >= 0.3 is 5.97 Å². The van der Waals surface area contributed by atoms with Gasteiger partial charge in [-0.3, -0.25) is 9.48 Å². The molecular formula is C13H20N2O2. The van der Waals surface area contributed by atoms with Gasteiger partial charge in [0.15, 0.2) is 0 Å². The number of aromatic nitrogens is 2. The van der Waals surface area contributed by atoms with E-state index >= 15 is 0 Å². The number of hydrogen-bond donors (Lipinski definition) is 0. The van der Waals surface area contributed by atoms with Crippen molar-refractivity contribution in [2.75, 3.05) is 0 Å². The van der Waals surface area contributed by atoms with Crippen molar-refractivity contribution in [3.05, 3.63) is 17.5 Å². The van der Waals surface area contributed by atoms with E-state index in [1.807, 2.05) is 40.9 Å². The highest BCUT2D eigenvalue weighted by Crippen LogP contribution is 2.49. The maximum Gasteiger partial charge on any atom is 0.310 e. The predicted molar refractivity (Wildman–Crippen MR) is 64.6 cm³/mol. The summed E-state index contributed by atoms with van der Waals surface area (Å²) in [5.41, 5.74) is 1.81. The van der Waals surface area contributed by atoms with E-state index in [0.29, 0.717) is 5.92 Å². The Balaban J connectivity index is 2.01. The molecule has 94 valence electrons. The number of rotatable bonds is 2. The maximum atomic E-state index is 11.9. The fraction of sp³-hybridized carbons (Fsp3) is 0.692. The lowest BCUT2D eigenvalue weighted by atomic mass is 10.1. The van der Waals surface area contributed by atoms with Gasteiger partial charge in [-0.05, 0) is 39.7 Å². The first-order valence-corrected chi connectivity index (χ1v) is 6.01. The highest BCUT2D eigenvalue weighted by molar-refractivity contribution is 5.77. The minimum atomic E-state index is -0.395. The second kappa shape index (κ2) is 3.86. The van der Waals surface area contributed by atoms with Crippen molar-refractivity contribution < 1.29 is 9.53 Å². The molecule has 2 unspecified atom stereocenters. The van der Waals surface area contributed by atoms with Gasteiger partial charge in [0.05, 0.1) is 11.6 Å². The van der Waals surface area contributed by atoms with E-state index in [9.17, 15) is 4.79 Å². The average Bonchev–Trinajstić information content (AvgIpc) is 2.84. The Hall–Kier alpha value is -1.32. The number of hydrogen-bond acceptors (Lipinski definition) is 3. The van der Waals surface area contributed by atoms with E-state index in [1.165, 1.54) is 5.56 Å². The van der Waals surface area contributed by atoms with Crippen LogP contribution in [-0.2, 0) is 16.6 Å². The van der Waals surface area contributed by atoms with Crippen molar-refractivity contribution >= 4 is 5.97 Å². The van der Waals surface area contributed by atoms with Gasteiger partial charge in [0.1, 0.15) is 5.60 Å².